The van der Waals surface area contributed by atoms with Gasteiger partial charge in [-0.05, 0) is 37.1 Å². The SMILES string of the molecule is CNCC(C)C(=O)NC(C)COc1ccc(C(C)(C)C)cc1. The minimum atomic E-state index is -0.0430. The molecule has 0 bridgehead atoms. The average molecular weight is 306 g/mol. The van der Waals surface area contributed by atoms with Gasteiger partial charge in [-0.3, -0.25) is 4.79 Å². The molecule has 0 saturated carbocycles. The van der Waals surface area contributed by atoms with Gasteiger partial charge in [0.15, 0.2) is 0 Å². The van der Waals surface area contributed by atoms with Gasteiger partial charge in [-0.15, -0.1) is 0 Å². The summed E-state index contributed by atoms with van der Waals surface area (Å²) in [6, 6.07) is 8.13. The molecule has 1 rings (SSSR count). The van der Waals surface area contributed by atoms with E-state index in [2.05, 4.69) is 43.5 Å². The minimum Gasteiger partial charge on any atom is -0.491 e. The molecule has 0 aliphatic carbocycles. The summed E-state index contributed by atoms with van der Waals surface area (Å²) < 4.78 is 5.75. The second-order valence-corrected chi connectivity index (χ2v) is 6.95. The van der Waals surface area contributed by atoms with Crippen molar-refractivity contribution in [3.8, 4) is 5.75 Å². The van der Waals surface area contributed by atoms with Crippen LogP contribution in [-0.4, -0.2) is 32.1 Å². The highest BCUT2D eigenvalue weighted by molar-refractivity contribution is 5.78. The fourth-order valence-corrected chi connectivity index (χ4v) is 2.10. The predicted octanol–water partition coefficient (Wildman–Crippen LogP) is 2.72. The molecule has 0 heterocycles. The highest BCUT2D eigenvalue weighted by atomic mass is 16.5. The Morgan fingerprint density at radius 3 is 2.27 bits per heavy atom. The largest absolute Gasteiger partial charge is 0.491 e. The highest BCUT2D eigenvalue weighted by Gasteiger charge is 2.15. The number of hydrogen-bond donors (Lipinski definition) is 2. The van der Waals surface area contributed by atoms with E-state index < -0.39 is 0 Å². The van der Waals surface area contributed by atoms with E-state index in [-0.39, 0.29) is 23.3 Å². The Balaban J connectivity index is 2.44. The van der Waals surface area contributed by atoms with E-state index in [1.54, 1.807) is 0 Å². The number of nitrogens with one attached hydrogen (secondary N) is 2. The van der Waals surface area contributed by atoms with E-state index in [1.807, 2.05) is 33.0 Å². The quantitative estimate of drug-likeness (QED) is 0.814. The van der Waals surface area contributed by atoms with Crippen molar-refractivity contribution in [2.75, 3.05) is 20.2 Å². The van der Waals surface area contributed by atoms with E-state index >= 15 is 0 Å². The first-order chi connectivity index (χ1) is 10.2. The molecule has 1 aromatic rings. The van der Waals surface area contributed by atoms with E-state index in [0.29, 0.717) is 13.2 Å². The van der Waals surface area contributed by atoms with E-state index in [0.717, 1.165) is 5.75 Å². The van der Waals surface area contributed by atoms with Gasteiger partial charge in [0.25, 0.3) is 0 Å². The van der Waals surface area contributed by atoms with Crippen LogP contribution in [0.4, 0.5) is 0 Å². The molecule has 1 aromatic carbocycles. The molecule has 2 N–H and O–H groups in total. The van der Waals surface area contributed by atoms with Crippen molar-refractivity contribution in [3.05, 3.63) is 29.8 Å². The lowest BCUT2D eigenvalue weighted by Gasteiger charge is -2.20. The summed E-state index contributed by atoms with van der Waals surface area (Å²) in [7, 11) is 1.84. The molecule has 0 fully saturated rings. The van der Waals surface area contributed by atoms with Crippen molar-refractivity contribution in [1.29, 1.82) is 0 Å². The van der Waals surface area contributed by atoms with Crippen molar-refractivity contribution >= 4 is 5.91 Å². The van der Waals surface area contributed by atoms with Gasteiger partial charge < -0.3 is 15.4 Å². The Kier molecular flexibility index (Phi) is 6.88. The molecular formula is C18H30N2O2. The van der Waals surface area contributed by atoms with Gasteiger partial charge in [0.2, 0.25) is 5.91 Å². The monoisotopic (exact) mass is 306 g/mol. The van der Waals surface area contributed by atoms with Crippen molar-refractivity contribution in [1.82, 2.24) is 10.6 Å². The first-order valence-corrected chi connectivity index (χ1v) is 7.92. The third-order valence-electron chi connectivity index (χ3n) is 3.57. The minimum absolute atomic E-state index is 0.0194. The van der Waals surface area contributed by atoms with Crippen LogP contribution >= 0.6 is 0 Å². The molecular weight excluding hydrogens is 276 g/mol. The maximum absolute atomic E-state index is 11.9. The van der Waals surface area contributed by atoms with Gasteiger partial charge in [-0.2, -0.15) is 0 Å². The van der Waals surface area contributed by atoms with Crippen LogP contribution in [0, 0.1) is 5.92 Å². The van der Waals surface area contributed by atoms with E-state index in [4.69, 9.17) is 4.74 Å². The molecule has 0 saturated heterocycles. The first-order valence-electron chi connectivity index (χ1n) is 7.92. The standard InChI is InChI=1S/C18H30N2O2/c1-13(11-19-6)17(21)20-14(2)12-22-16-9-7-15(8-10-16)18(3,4)5/h7-10,13-14,19H,11-12H2,1-6H3,(H,20,21). The van der Waals surface area contributed by atoms with Gasteiger partial charge in [0.05, 0.1) is 6.04 Å². The number of rotatable bonds is 7. The normalized spacial score (nSPS) is 14.3. The molecule has 0 radical (unpaired) electrons. The molecule has 0 aliphatic heterocycles. The van der Waals surface area contributed by atoms with Crippen LogP contribution in [0.3, 0.4) is 0 Å². The smallest absolute Gasteiger partial charge is 0.224 e. The van der Waals surface area contributed by atoms with Gasteiger partial charge in [0.1, 0.15) is 12.4 Å². The molecule has 2 unspecified atom stereocenters. The number of carbonyl (C=O) groups is 1. The predicted molar refractivity (Wildman–Crippen MR) is 91.3 cm³/mol. The van der Waals surface area contributed by atoms with Crippen LogP contribution in [0.5, 0.6) is 5.75 Å². The van der Waals surface area contributed by atoms with Gasteiger partial charge in [-0.1, -0.05) is 39.8 Å². The Morgan fingerprint density at radius 2 is 1.77 bits per heavy atom. The van der Waals surface area contributed by atoms with Crippen molar-refractivity contribution < 1.29 is 9.53 Å². The molecule has 0 aromatic heterocycles. The number of hydrogen-bond acceptors (Lipinski definition) is 3. The molecule has 4 nitrogen and oxygen atoms in total. The lowest BCUT2D eigenvalue weighted by atomic mass is 9.87. The zero-order valence-electron chi connectivity index (χ0n) is 14.7. The second kappa shape index (κ2) is 8.18. The number of amides is 1. The summed E-state index contributed by atoms with van der Waals surface area (Å²) in [5, 5.41) is 5.97. The molecule has 124 valence electrons. The molecule has 2 atom stereocenters. The zero-order chi connectivity index (χ0) is 16.8. The maximum Gasteiger partial charge on any atom is 0.224 e. The maximum atomic E-state index is 11.9. The third kappa shape index (κ3) is 6.06. The molecule has 22 heavy (non-hydrogen) atoms. The summed E-state index contributed by atoms with van der Waals surface area (Å²) in [6.45, 7) is 11.6. The topological polar surface area (TPSA) is 50.4 Å². The van der Waals surface area contributed by atoms with Crippen LogP contribution in [0.15, 0.2) is 24.3 Å². The highest BCUT2D eigenvalue weighted by Crippen LogP contribution is 2.24. The summed E-state index contributed by atoms with van der Waals surface area (Å²) in [5.74, 6) is 0.837. The third-order valence-corrected chi connectivity index (χ3v) is 3.57. The van der Waals surface area contributed by atoms with E-state index in [1.165, 1.54) is 5.56 Å². The van der Waals surface area contributed by atoms with Crippen LogP contribution in [0.25, 0.3) is 0 Å². The second-order valence-electron chi connectivity index (χ2n) is 6.95. The summed E-state index contributed by atoms with van der Waals surface area (Å²) >= 11 is 0. The Hall–Kier alpha value is -1.55. The number of ether oxygens (including phenoxy) is 1. The fraction of sp³-hybridized carbons (Fsp3) is 0.611. The lowest BCUT2D eigenvalue weighted by Crippen LogP contribution is -2.41. The molecule has 0 spiro atoms. The van der Waals surface area contributed by atoms with Crippen LogP contribution in [0.1, 0.15) is 40.2 Å². The average Bonchev–Trinajstić information content (AvgIpc) is 2.45. The Labute approximate surface area is 134 Å². The Bertz CT molecular complexity index is 463. The summed E-state index contributed by atoms with van der Waals surface area (Å²) in [5.41, 5.74) is 1.42. The van der Waals surface area contributed by atoms with Crippen LogP contribution < -0.4 is 15.4 Å². The van der Waals surface area contributed by atoms with Gasteiger partial charge in [0, 0.05) is 12.5 Å². The number of carbonyl (C=O) groups excluding carboxylic acids is 1. The lowest BCUT2D eigenvalue weighted by molar-refractivity contribution is -0.125. The van der Waals surface area contributed by atoms with E-state index in [9.17, 15) is 4.79 Å². The van der Waals surface area contributed by atoms with Gasteiger partial charge in [-0.25, -0.2) is 0 Å². The first kappa shape index (κ1) is 18.5. The van der Waals surface area contributed by atoms with Crippen LogP contribution in [-0.2, 0) is 10.2 Å². The fourth-order valence-electron chi connectivity index (χ4n) is 2.10. The molecule has 4 heteroatoms. The zero-order valence-corrected chi connectivity index (χ0v) is 14.7. The van der Waals surface area contributed by atoms with Crippen molar-refractivity contribution in [2.45, 2.75) is 46.1 Å². The summed E-state index contributed by atoms with van der Waals surface area (Å²) in [4.78, 5) is 11.9. The number of benzene rings is 1. The molecule has 0 aliphatic rings. The Morgan fingerprint density at radius 1 is 1.18 bits per heavy atom. The van der Waals surface area contributed by atoms with Gasteiger partial charge >= 0.3 is 0 Å². The van der Waals surface area contributed by atoms with Crippen molar-refractivity contribution in [3.63, 3.8) is 0 Å². The van der Waals surface area contributed by atoms with Crippen LogP contribution in [0.2, 0.25) is 0 Å². The summed E-state index contributed by atoms with van der Waals surface area (Å²) in [6.07, 6.45) is 0. The van der Waals surface area contributed by atoms with Crippen molar-refractivity contribution in [2.24, 2.45) is 5.92 Å². The molecule has 1 amide bonds.